The first-order valence-corrected chi connectivity index (χ1v) is 5.94. The number of hydrogen-bond acceptors (Lipinski definition) is 2. The highest BCUT2D eigenvalue weighted by atomic mass is 14.9. The van der Waals surface area contributed by atoms with Gasteiger partial charge in [0.2, 0.25) is 0 Å². The molecule has 1 aliphatic heterocycles. The Morgan fingerprint density at radius 3 is 2.87 bits per heavy atom. The SMILES string of the molecule is CC(C)c1ccc(CC2CCCN2)nc1. The zero-order valence-electron chi connectivity index (χ0n) is 9.66. The van der Waals surface area contributed by atoms with E-state index in [0.29, 0.717) is 12.0 Å². The Morgan fingerprint density at radius 2 is 2.33 bits per heavy atom. The summed E-state index contributed by atoms with van der Waals surface area (Å²) in [6, 6.07) is 5.04. The molecular formula is C13H20N2. The fraction of sp³-hybridized carbons (Fsp3) is 0.615. The highest BCUT2D eigenvalue weighted by Crippen LogP contribution is 2.15. The molecule has 2 rings (SSSR count). The van der Waals surface area contributed by atoms with Crippen LogP contribution >= 0.6 is 0 Å². The third-order valence-electron chi connectivity index (χ3n) is 3.13. The summed E-state index contributed by atoms with van der Waals surface area (Å²) in [5, 5.41) is 3.50. The van der Waals surface area contributed by atoms with Gasteiger partial charge in [0.1, 0.15) is 0 Å². The molecule has 0 aliphatic carbocycles. The van der Waals surface area contributed by atoms with Crippen molar-refractivity contribution in [1.82, 2.24) is 10.3 Å². The Balaban J connectivity index is 1.97. The molecule has 0 radical (unpaired) electrons. The largest absolute Gasteiger partial charge is 0.314 e. The second-order valence-corrected chi connectivity index (χ2v) is 4.73. The van der Waals surface area contributed by atoms with Crippen LogP contribution in [0.3, 0.4) is 0 Å². The Bertz CT molecular complexity index is 297. The molecule has 1 fully saturated rings. The Kier molecular flexibility index (Phi) is 3.37. The lowest BCUT2D eigenvalue weighted by Crippen LogP contribution is -2.24. The predicted molar refractivity (Wildman–Crippen MR) is 63.1 cm³/mol. The summed E-state index contributed by atoms with van der Waals surface area (Å²) in [5.74, 6) is 0.580. The summed E-state index contributed by atoms with van der Waals surface area (Å²) in [6.45, 7) is 5.58. The maximum Gasteiger partial charge on any atom is 0.0419 e. The number of nitrogens with zero attached hydrogens (tertiary/aromatic N) is 1. The zero-order chi connectivity index (χ0) is 10.7. The maximum absolute atomic E-state index is 4.52. The number of pyridine rings is 1. The second-order valence-electron chi connectivity index (χ2n) is 4.73. The maximum atomic E-state index is 4.52. The van der Waals surface area contributed by atoms with E-state index in [1.807, 2.05) is 6.20 Å². The molecule has 0 bridgehead atoms. The van der Waals surface area contributed by atoms with Crippen LogP contribution in [-0.4, -0.2) is 17.6 Å². The predicted octanol–water partition coefficient (Wildman–Crippen LogP) is 2.50. The third kappa shape index (κ3) is 2.78. The van der Waals surface area contributed by atoms with E-state index in [1.165, 1.54) is 30.6 Å². The molecule has 1 atom stereocenters. The highest BCUT2D eigenvalue weighted by Gasteiger charge is 2.14. The highest BCUT2D eigenvalue weighted by molar-refractivity contribution is 5.17. The van der Waals surface area contributed by atoms with Crippen molar-refractivity contribution in [3.63, 3.8) is 0 Å². The van der Waals surface area contributed by atoms with Gasteiger partial charge in [-0.25, -0.2) is 0 Å². The molecule has 1 unspecified atom stereocenters. The lowest BCUT2D eigenvalue weighted by Gasteiger charge is -2.10. The standard InChI is InChI=1S/C13H20N2/c1-10(2)11-5-6-13(15-9-11)8-12-4-3-7-14-12/h5-6,9-10,12,14H,3-4,7-8H2,1-2H3. The number of aromatic nitrogens is 1. The van der Waals surface area contributed by atoms with Crippen LogP contribution in [-0.2, 0) is 6.42 Å². The van der Waals surface area contributed by atoms with Crippen LogP contribution in [0.25, 0.3) is 0 Å². The van der Waals surface area contributed by atoms with Gasteiger partial charge in [-0.3, -0.25) is 4.98 Å². The molecule has 1 aromatic heterocycles. The summed E-state index contributed by atoms with van der Waals surface area (Å²) in [5.41, 5.74) is 2.55. The molecule has 0 saturated carbocycles. The molecule has 2 heteroatoms. The Labute approximate surface area is 92.1 Å². The van der Waals surface area contributed by atoms with Gasteiger partial charge in [-0.2, -0.15) is 0 Å². The Hall–Kier alpha value is -0.890. The molecule has 82 valence electrons. The summed E-state index contributed by atoms with van der Waals surface area (Å²) in [7, 11) is 0. The van der Waals surface area contributed by atoms with E-state index in [-0.39, 0.29) is 0 Å². The molecule has 1 aromatic rings. The quantitative estimate of drug-likeness (QED) is 0.818. The second kappa shape index (κ2) is 4.75. The normalized spacial score (nSPS) is 21.1. The first-order chi connectivity index (χ1) is 7.25. The van der Waals surface area contributed by atoms with E-state index in [2.05, 4.69) is 36.3 Å². The van der Waals surface area contributed by atoms with Crippen LogP contribution < -0.4 is 5.32 Å². The van der Waals surface area contributed by atoms with Crippen molar-refractivity contribution in [3.05, 3.63) is 29.6 Å². The van der Waals surface area contributed by atoms with Crippen molar-refractivity contribution < 1.29 is 0 Å². The van der Waals surface area contributed by atoms with Gasteiger partial charge >= 0.3 is 0 Å². The van der Waals surface area contributed by atoms with Crippen LogP contribution in [0.5, 0.6) is 0 Å². The fourth-order valence-corrected chi connectivity index (χ4v) is 2.08. The summed E-state index contributed by atoms with van der Waals surface area (Å²) >= 11 is 0. The van der Waals surface area contributed by atoms with Gasteiger partial charge in [-0.1, -0.05) is 19.9 Å². The van der Waals surface area contributed by atoms with E-state index in [1.54, 1.807) is 0 Å². The first-order valence-electron chi connectivity index (χ1n) is 5.94. The molecule has 0 spiro atoms. The monoisotopic (exact) mass is 204 g/mol. The molecule has 0 amide bonds. The van der Waals surface area contributed by atoms with Crippen LogP contribution in [0.1, 0.15) is 43.9 Å². The number of rotatable bonds is 3. The van der Waals surface area contributed by atoms with Crippen LogP contribution in [0.15, 0.2) is 18.3 Å². The summed E-state index contributed by atoms with van der Waals surface area (Å²) in [6.07, 6.45) is 5.72. The average Bonchev–Trinajstić information content (AvgIpc) is 2.71. The van der Waals surface area contributed by atoms with E-state index >= 15 is 0 Å². The van der Waals surface area contributed by atoms with E-state index in [9.17, 15) is 0 Å². The fourth-order valence-electron chi connectivity index (χ4n) is 2.08. The molecular weight excluding hydrogens is 184 g/mol. The molecule has 0 aromatic carbocycles. The molecule has 1 aliphatic rings. The van der Waals surface area contributed by atoms with Crippen LogP contribution in [0.4, 0.5) is 0 Å². The van der Waals surface area contributed by atoms with Gasteiger partial charge in [0, 0.05) is 24.4 Å². The summed E-state index contributed by atoms with van der Waals surface area (Å²) in [4.78, 5) is 4.52. The number of nitrogens with one attached hydrogen (secondary N) is 1. The lowest BCUT2D eigenvalue weighted by molar-refractivity contribution is 0.594. The minimum Gasteiger partial charge on any atom is -0.314 e. The van der Waals surface area contributed by atoms with E-state index in [4.69, 9.17) is 0 Å². The smallest absolute Gasteiger partial charge is 0.0419 e. The van der Waals surface area contributed by atoms with Crippen molar-refractivity contribution in [1.29, 1.82) is 0 Å². The van der Waals surface area contributed by atoms with Crippen molar-refractivity contribution in [2.45, 2.75) is 45.1 Å². The van der Waals surface area contributed by atoms with Gasteiger partial charge < -0.3 is 5.32 Å². The molecule has 1 N–H and O–H groups in total. The van der Waals surface area contributed by atoms with Crippen molar-refractivity contribution in [2.75, 3.05) is 6.54 Å². The lowest BCUT2D eigenvalue weighted by atomic mass is 10.0. The Morgan fingerprint density at radius 1 is 1.47 bits per heavy atom. The van der Waals surface area contributed by atoms with Gasteiger partial charge in [0.25, 0.3) is 0 Å². The minimum absolute atomic E-state index is 0.580. The molecule has 2 nitrogen and oxygen atoms in total. The molecule has 1 saturated heterocycles. The van der Waals surface area contributed by atoms with Gasteiger partial charge in [-0.15, -0.1) is 0 Å². The van der Waals surface area contributed by atoms with Gasteiger partial charge in [0.15, 0.2) is 0 Å². The van der Waals surface area contributed by atoms with Crippen LogP contribution in [0, 0.1) is 0 Å². The van der Waals surface area contributed by atoms with E-state index in [0.717, 1.165) is 6.42 Å². The summed E-state index contributed by atoms with van der Waals surface area (Å²) < 4.78 is 0. The van der Waals surface area contributed by atoms with Crippen molar-refractivity contribution in [3.8, 4) is 0 Å². The van der Waals surface area contributed by atoms with Crippen molar-refractivity contribution in [2.24, 2.45) is 0 Å². The van der Waals surface area contributed by atoms with Gasteiger partial charge in [-0.05, 0) is 36.9 Å². The van der Waals surface area contributed by atoms with Gasteiger partial charge in [0.05, 0.1) is 0 Å². The molecule has 2 heterocycles. The van der Waals surface area contributed by atoms with E-state index < -0.39 is 0 Å². The van der Waals surface area contributed by atoms with Crippen molar-refractivity contribution >= 4 is 0 Å². The third-order valence-corrected chi connectivity index (χ3v) is 3.13. The average molecular weight is 204 g/mol. The number of hydrogen-bond donors (Lipinski definition) is 1. The zero-order valence-corrected chi connectivity index (χ0v) is 9.66. The molecule has 15 heavy (non-hydrogen) atoms. The van der Waals surface area contributed by atoms with Crippen LogP contribution in [0.2, 0.25) is 0 Å². The first kappa shape index (κ1) is 10.6. The topological polar surface area (TPSA) is 24.9 Å². The minimum atomic E-state index is 0.580.